The molecule has 0 saturated heterocycles. The fourth-order valence-electron chi connectivity index (χ4n) is 6.84. The van der Waals surface area contributed by atoms with Gasteiger partial charge in [-0.1, -0.05) is 38.5 Å². The maximum absolute atomic E-state index is 11.8. The number of rotatable bonds is 1. The summed E-state index contributed by atoms with van der Waals surface area (Å²) >= 11 is 0. The van der Waals surface area contributed by atoms with E-state index in [1.165, 1.54) is 37.7 Å². The van der Waals surface area contributed by atoms with E-state index in [9.17, 15) is 4.79 Å². The zero-order valence-corrected chi connectivity index (χ0v) is 14.9. The van der Waals surface area contributed by atoms with E-state index in [2.05, 4.69) is 39.5 Å². The Hall–Kier alpha value is -1.11. The van der Waals surface area contributed by atoms with Gasteiger partial charge in [-0.15, -0.1) is 6.58 Å². The first-order valence-corrected chi connectivity index (χ1v) is 9.42. The Bertz CT molecular complexity index is 626. The molecular weight excluding hydrogens is 280 g/mol. The maximum atomic E-state index is 11.8. The summed E-state index contributed by atoms with van der Waals surface area (Å²) in [6.45, 7) is 11.6. The van der Waals surface area contributed by atoms with E-state index in [1.807, 2.05) is 12.2 Å². The van der Waals surface area contributed by atoms with Crippen molar-refractivity contribution in [1.29, 1.82) is 0 Å². The predicted octanol–water partition coefficient (Wildman–Crippen LogP) is 5.49. The van der Waals surface area contributed by atoms with Crippen molar-refractivity contribution >= 4 is 5.78 Å². The Morgan fingerprint density at radius 2 is 1.87 bits per heavy atom. The van der Waals surface area contributed by atoms with E-state index in [-0.39, 0.29) is 11.2 Å². The summed E-state index contributed by atoms with van der Waals surface area (Å²) in [4.78, 5) is 11.8. The first-order chi connectivity index (χ1) is 10.8. The van der Waals surface area contributed by atoms with Crippen molar-refractivity contribution in [2.75, 3.05) is 0 Å². The van der Waals surface area contributed by atoms with Gasteiger partial charge in [-0.3, -0.25) is 4.79 Å². The summed E-state index contributed by atoms with van der Waals surface area (Å²) in [6.07, 6.45) is 15.9. The predicted molar refractivity (Wildman–Crippen MR) is 94.9 cm³/mol. The molecule has 0 aromatic rings. The second-order valence-electron chi connectivity index (χ2n) is 9.22. The van der Waals surface area contributed by atoms with Gasteiger partial charge in [-0.05, 0) is 79.3 Å². The van der Waals surface area contributed by atoms with Gasteiger partial charge in [0.15, 0.2) is 5.78 Å². The average molecular weight is 310 g/mol. The van der Waals surface area contributed by atoms with Crippen molar-refractivity contribution in [3.05, 3.63) is 36.5 Å². The summed E-state index contributed by atoms with van der Waals surface area (Å²) in [5.74, 6) is 2.55. The molecule has 0 spiro atoms. The van der Waals surface area contributed by atoms with Crippen LogP contribution >= 0.6 is 0 Å². The molecule has 0 aliphatic heterocycles. The smallest absolute Gasteiger partial charge is 0.178 e. The highest BCUT2D eigenvalue weighted by Crippen LogP contribution is 2.69. The van der Waals surface area contributed by atoms with Crippen molar-refractivity contribution in [1.82, 2.24) is 0 Å². The average Bonchev–Trinajstić information content (AvgIpc) is 2.80. The fourth-order valence-corrected chi connectivity index (χ4v) is 6.84. The molecule has 4 aliphatic carbocycles. The quantitative estimate of drug-likeness (QED) is 0.586. The summed E-state index contributed by atoms with van der Waals surface area (Å²) in [6, 6.07) is 0. The molecule has 23 heavy (non-hydrogen) atoms. The standard InChI is InChI=1S/C22H30O/c1-5-20(2)11-9-19-17-7-6-15-14-16(23)8-12-21(15,3)18(17)10-13-22(19,20)4/h5,8,12,14,17-19H,1,6-7,9-11,13H2,2-4H3/t17?,18-,19-,20-,21-,22-/m0/s1. The molecule has 6 atom stereocenters. The molecule has 1 unspecified atom stereocenters. The van der Waals surface area contributed by atoms with Crippen LogP contribution in [0.1, 0.15) is 59.3 Å². The normalized spacial score (nSPS) is 51.5. The maximum Gasteiger partial charge on any atom is 0.178 e. The zero-order valence-electron chi connectivity index (χ0n) is 14.9. The molecule has 1 heteroatoms. The molecule has 0 N–H and O–H groups in total. The summed E-state index contributed by atoms with van der Waals surface area (Å²) in [7, 11) is 0. The van der Waals surface area contributed by atoms with Gasteiger partial charge in [-0.2, -0.15) is 0 Å². The summed E-state index contributed by atoms with van der Waals surface area (Å²) in [5.41, 5.74) is 2.25. The Balaban J connectivity index is 1.71. The van der Waals surface area contributed by atoms with Gasteiger partial charge in [0, 0.05) is 5.41 Å². The van der Waals surface area contributed by atoms with Crippen LogP contribution in [0.15, 0.2) is 36.5 Å². The monoisotopic (exact) mass is 310 g/mol. The number of fused-ring (bicyclic) bond motifs is 5. The van der Waals surface area contributed by atoms with E-state index < -0.39 is 0 Å². The van der Waals surface area contributed by atoms with E-state index in [4.69, 9.17) is 0 Å². The van der Waals surface area contributed by atoms with Crippen molar-refractivity contribution in [3.63, 3.8) is 0 Å². The third-order valence-corrected chi connectivity index (χ3v) is 8.68. The van der Waals surface area contributed by atoms with Crippen LogP contribution < -0.4 is 0 Å². The largest absolute Gasteiger partial charge is 0.290 e. The van der Waals surface area contributed by atoms with Gasteiger partial charge in [0.25, 0.3) is 0 Å². The summed E-state index contributed by atoms with van der Waals surface area (Å²) < 4.78 is 0. The number of carbonyl (C=O) groups excluding carboxylic acids is 1. The lowest BCUT2D eigenvalue weighted by atomic mass is 9.46. The third-order valence-electron chi connectivity index (χ3n) is 8.68. The molecule has 0 radical (unpaired) electrons. The topological polar surface area (TPSA) is 17.1 Å². The van der Waals surface area contributed by atoms with Crippen LogP contribution in [0, 0.1) is 34.0 Å². The van der Waals surface area contributed by atoms with Crippen molar-refractivity contribution in [2.24, 2.45) is 34.0 Å². The SMILES string of the molecule is C=C[C@@]1(C)CC[C@H]2C3CCC4=CC(=O)C=C[C@]4(C)[C@H]3CC[C@@]21C. The molecular formula is C22H30O. The number of allylic oxidation sites excluding steroid dienone is 5. The molecule has 0 heterocycles. The molecule has 0 aromatic heterocycles. The highest BCUT2D eigenvalue weighted by atomic mass is 16.1. The van der Waals surface area contributed by atoms with E-state index >= 15 is 0 Å². The Kier molecular flexibility index (Phi) is 3.16. The minimum Gasteiger partial charge on any atom is -0.290 e. The van der Waals surface area contributed by atoms with Crippen LogP contribution in [0.4, 0.5) is 0 Å². The molecule has 0 amide bonds. The van der Waals surface area contributed by atoms with Crippen LogP contribution in [0.5, 0.6) is 0 Å². The number of hydrogen-bond acceptors (Lipinski definition) is 1. The highest BCUT2D eigenvalue weighted by molar-refractivity contribution is 6.01. The minimum atomic E-state index is 0.130. The second kappa shape index (κ2) is 4.71. The Morgan fingerprint density at radius 1 is 1.13 bits per heavy atom. The van der Waals surface area contributed by atoms with E-state index in [0.717, 1.165) is 24.2 Å². The Labute approximate surface area is 140 Å². The van der Waals surface area contributed by atoms with E-state index in [1.54, 1.807) is 0 Å². The van der Waals surface area contributed by atoms with Crippen molar-refractivity contribution in [2.45, 2.75) is 59.3 Å². The van der Waals surface area contributed by atoms with E-state index in [0.29, 0.717) is 10.8 Å². The van der Waals surface area contributed by atoms with Gasteiger partial charge in [0.1, 0.15) is 0 Å². The first-order valence-electron chi connectivity index (χ1n) is 9.42. The lowest BCUT2D eigenvalue weighted by Gasteiger charge is -2.58. The minimum absolute atomic E-state index is 0.130. The molecule has 0 bridgehead atoms. The van der Waals surface area contributed by atoms with Crippen LogP contribution in [0.25, 0.3) is 0 Å². The van der Waals surface area contributed by atoms with Gasteiger partial charge < -0.3 is 0 Å². The van der Waals surface area contributed by atoms with Crippen LogP contribution in [-0.4, -0.2) is 5.78 Å². The van der Waals surface area contributed by atoms with Gasteiger partial charge >= 0.3 is 0 Å². The second-order valence-corrected chi connectivity index (χ2v) is 9.22. The third kappa shape index (κ3) is 1.83. The number of carbonyl (C=O) groups is 1. The van der Waals surface area contributed by atoms with Gasteiger partial charge in [0.2, 0.25) is 0 Å². The van der Waals surface area contributed by atoms with Crippen LogP contribution in [-0.2, 0) is 4.79 Å². The molecule has 124 valence electrons. The molecule has 0 aromatic carbocycles. The zero-order chi connectivity index (χ0) is 16.5. The molecule has 4 aliphatic rings. The lowest BCUT2D eigenvalue weighted by Crippen LogP contribution is -2.51. The first kappa shape index (κ1) is 15.4. The molecule has 3 fully saturated rings. The van der Waals surface area contributed by atoms with Crippen molar-refractivity contribution < 1.29 is 4.79 Å². The lowest BCUT2D eigenvalue weighted by molar-refractivity contribution is -0.111. The van der Waals surface area contributed by atoms with Crippen LogP contribution in [0.3, 0.4) is 0 Å². The summed E-state index contributed by atoms with van der Waals surface area (Å²) in [5, 5.41) is 0. The number of ketones is 1. The Morgan fingerprint density at radius 3 is 2.61 bits per heavy atom. The van der Waals surface area contributed by atoms with Gasteiger partial charge in [-0.25, -0.2) is 0 Å². The molecule has 1 nitrogen and oxygen atoms in total. The fraction of sp³-hybridized carbons (Fsp3) is 0.682. The van der Waals surface area contributed by atoms with Crippen molar-refractivity contribution in [3.8, 4) is 0 Å². The molecule has 3 saturated carbocycles. The molecule has 4 rings (SSSR count). The number of hydrogen-bond donors (Lipinski definition) is 0. The van der Waals surface area contributed by atoms with Crippen LogP contribution in [0.2, 0.25) is 0 Å². The highest BCUT2D eigenvalue weighted by Gasteiger charge is 2.61. The van der Waals surface area contributed by atoms with Gasteiger partial charge in [0.05, 0.1) is 0 Å².